The first-order valence-electron chi connectivity index (χ1n) is 8.63. The van der Waals surface area contributed by atoms with E-state index in [9.17, 15) is 9.18 Å². The van der Waals surface area contributed by atoms with Gasteiger partial charge in [0.05, 0.1) is 7.11 Å². The van der Waals surface area contributed by atoms with E-state index < -0.39 is 0 Å². The highest BCUT2D eigenvalue weighted by atomic mass is 19.1. The normalized spacial score (nSPS) is 10.4. The van der Waals surface area contributed by atoms with Gasteiger partial charge in [0.25, 0.3) is 5.91 Å². The Morgan fingerprint density at radius 1 is 0.926 bits per heavy atom. The number of carbonyl (C=O) groups is 1. The second kappa shape index (κ2) is 8.96. The minimum atomic E-state index is -0.237. The summed E-state index contributed by atoms with van der Waals surface area (Å²) in [5, 5.41) is 6.21. The lowest BCUT2D eigenvalue weighted by Gasteiger charge is -2.09. The minimum absolute atomic E-state index is 0.172. The molecule has 138 valence electrons. The number of rotatable bonds is 7. The third kappa shape index (κ3) is 5.39. The van der Waals surface area contributed by atoms with E-state index in [0.29, 0.717) is 24.4 Å². The average molecular weight is 364 g/mol. The third-order valence-corrected chi connectivity index (χ3v) is 4.11. The molecule has 0 aliphatic carbocycles. The van der Waals surface area contributed by atoms with Gasteiger partial charge in [-0.15, -0.1) is 0 Å². The first kappa shape index (κ1) is 18.6. The van der Waals surface area contributed by atoms with Gasteiger partial charge in [-0.05, 0) is 59.7 Å². The molecule has 0 aromatic heterocycles. The van der Waals surface area contributed by atoms with Gasteiger partial charge in [0.2, 0.25) is 0 Å². The Morgan fingerprint density at radius 3 is 2.33 bits per heavy atom. The van der Waals surface area contributed by atoms with E-state index >= 15 is 0 Å². The predicted molar refractivity (Wildman–Crippen MR) is 104 cm³/mol. The topological polar surface area (TPSA) is 50.4 Å². The monoisotopic (exact) mass is 364 g/mol. The fourth-order valence-corrected chi connectivity index (χ4v) is 2.66. The molecule has 2 N–H and O–H groups in total. The Morgan fingerprint density at radius 2 is 1.63 bits per heavy atom. The lowest BCUT2D eigenvalue weighted by Crippen LogP contribution is -2.14. The van der Waals surface area contributed by atoms with Gasteiger partial charge in [0, 0.05) is 24.3 Å². The molecule has 0 atom stereocenters. The summed E-state index contributed by atoms with van der Waals surface area (Å²) >= 11 is 0. The molecule has 0 aliphatic rings. The molecule has 0 saturated heterocycles. The number of carbonyl (C=O) groups excluding carboxylic acids is 1. The quantitative estimate of drug-likeness (QED) is 0.654. The second-order valence-electron chi connectivity index (χ2n) is 6.11. The summed E-state index contributed by atoms with van der Waals surface area (Å²) in [5.74, 6) is 0.300. The maximum Gasteiger partial charge on any atom is 0.255 e. The molecule has 0 unspecified atom stereocenters. The molecule has 4 nitrogen and oxygen atoms in total. The number of amides is 1. The van der Waals surface area contributed by atoms with Gasteiger partial charge in [-0.2, -0.15) is 0 Å². The molecule has 0 bridgehead atoms. The zero-order chi connectivity index (χ0) is 19.1. The van der Waals surface area contributed by atoms with Crippen LogP contribution >= 0.6 is 0 Å². The van der Waals surface area contributed by atoms with Crippen LogP contribution in [0.2, 0.25) is 0 Å². The van der Waals surface area contributed by atoms with Crippen LogP contribution in [0.3, 0.4) is 0 Å². The van der Waals surface area contributed by atoms with E-state index in [1.54, 1.807) is 43.5 Å². The van der Waals surface area contributed by atoms with Crippen LogP contribution in [0.4, 0.5) is 10.1 Å². The van der Waals surface area contributed by atoms with Crippen molar-refractivity contribution in [2.45, 2.75) is 13.1 Å². The number of halogens is 1. The Hall–Kier alpha value is -3.18. The van der Waals surface area contributed by atoms with Crippen molar-refractivity contribution >= 4 is 11.6 Å². The van der Waals surface area contributed by atoms with Crippen LogP contribution in [0.15, 0.2) is 72.8 Å². The number of anilines is 1. The summed E-state index contributed by atoms with van der Waals surface area (Å²) in [4.78, 5) is 12.4. The summed E-state index contributed by atoms with van der Waals surface area (Å²) in [6, 6.07) is 21.0. The molecule has 0 spiro atoms. The van der Waals surface area contributed by atoms with E-state index in [4.69, 9.17) is 4.74 Å². The van der Waals surface area contributed by atoms with E-state index in [-0.39, 0.29) is 11.7 Å². The molecular weight excluding hydrogens is 343 g/mol. The summed E-state index contributed by atoms with van der Waals surface area (Å²) in [6.45, 7) is 1.28. The Bertz CT molecular complexity index is 893. The lowest BCUT2D eigenvalue weighted by molar-refractivity contribution is 0.102. The summed E-state index contributed by atoms with van der Waals surface area (Å²) in [7, 11) is 1.59. The molecule has 0 saturated carbocycles. The van der Waals surface area contributed by atoms with Crippen molar-refractivity contribution in [2.75, 3.05) is 12.4 Å². The molecule has 3 rings (SSSR count). The zero-order valence-electron chi connectivity index (χ0n) is 15.0. The standard InChI is InChI=1S/C22H21FN2O2/c1-27-21-11-7-18(8-12-21)22(26)25-20-4-2-3-17(13-20)15-24-14-16-5-9-19(23)10-6-16/h2-13,24H,14-15H2,1H3,(H,25,26). The molecule has 1 amide bonds. The number of benzene rings is 3. The number of methoxy groups -OCH3 is 1. The predicted octanol–water partition coefficient (Wildman–Crippen LogP) is 4.38. The minimum Gasteiger partial charge on any atom is -0.497 e. The van der Waals surface area contributed by atoms with Crippen molar-refractivity contribution in [1.29, 1.82) is 0 Å². The zero-order valence-corrected chi connectivity index (χ0v) is 15.0. The van der Waals surface area contributed by atoms with E-state index in [1.807, 2.05) is 24.3 Å². The van der Waals surface area contributed by atoms with Crippen LogP contribution in [0.25, 0.3) is 0 Å². The molecule has 0 heterocycles. The van der Waals surface area contributed by atoms with Crippen LogP contribution in [-0.4, -0.2) is 13.0 Å². The molecule has 0 aliphatic heterocycles. The van der Waals surface area contributed by atoms with Gasteiger partial charge in [-0.25, -0.2) is 4.39 Å². The summed E-state index contributed by atoms with van der Waals surface area (Å²) in [5.41, 5.74) is 3.36. The van der Waals surface area contributed by atoms with Gasteiger partial charge in [0.1, 0.15) is 11.6 Å². The molecule has 3 aromatic rings. The Labute approximate surface area is 158 Å². The van der Waals surface area contributed by atoms with Crippen molar-refractivity contribution in [3.05, 3.63) is 95.3 Å². The number of hydrogen-bond donors (Lipinski definition) is 2. The van der Waals surface area contributed by atoms with Crippen LogP contribution in [0.5, 0.6) is 5.75 Å². The van der Waals surface area contributed by atoms with Crippen molar-refractivity contribution in [2.24, 2.45) is 0 Å². The van der Waals surface area contributed by atoms with Gasteiger partial charge >= 0.3 is 0 Å². The number of nitrogens with one attached hydrogen (secondary N) is 2. The molecule has 27 heavy (non-hydrogen) atoms. The molecule has 3 aromatic carbocycles. The van der Waals surface area contributed by atoms with Crippen molar-refractivity contribution in [3.8, 4) is 5.75 Å². The fraction of sp³-hybridized carbons (Fsp3) is 0.136. The van der Waals surface area contributed by atoms with Gasteiger partial charge in [0.15, 0.2) is 0 Å². The maximum atomic E-state index is 12.9. The van der Waals surface area contributed by atoms with Crippen molar-refractivity contribution < 1.29 is 13.9 Å². The summed E-state index contributed by atoms with van der Waals surface area (Å²) in [6.07, 6.45) is 0. The van der Waals surface area contributed by atoms with Crippen LogP contribution < -0.4 is 15.4 Å². The lowest BCUT2D eigenvalue weighted by atomic mass is 10.1. The fourth-order valence-electron chi connectivity index (χ4n) is 2.66. The highest BCUT2D eigenvalue weighted by Gasteiger charge is 2.06. The average Bonchev–Trinajstić information content (AvgIpc) is 2.70. The van der Waals surface area contributed by atoms with Crippen LogP contribution in [-0.2, 0) is 13.1 Å². The molecule has 0 radical (unpaired) electrons. The highest BCUT2D eigenvalue weighted by Crippen LogP contribution is 2.15. The first-order valence-corrected chi connectivity index (χ1v) is 8.63. The van der Waals surface area contributed by atoms with Crippen LogP contribution in [0.1, 0.15) is 21.5 Å². The van der Waals surface area contributed by atoms with Gasteiger partial charge in [-0.1, -0.05) is 24.3 Å². The van der Waals surface area contributed by atoms with E-state index in [2.05, 4.69) is 10.6 Å². The first-order chi connectivity index (χ1) is 13.1. The van der Waals surface area contributed by atoms with E-state index in [0.717, 1.165) is 16.8 Å². The van der Waals surface area contributed by atoms with Gasteiger partial charge < -0.3 is 15.4 Å². The maximum absolute atomic E-state index is 12.9. The highest BCUT2D eigenvalue weighted by molar-refractivity contribution is 6.04. The second-order valence-corrected chi connectivity index (χ2v) is 6.11. The Kier molecular flexibility index (Phi) is 6.18. The molecule has 5 heteroatoms. The number of hydrogen-bond acceptors (Lipinski definition) is 3. The number of ether oxygens (including phenoxy) is 1. The molecular formula is C22H21FN2O2. The smallest absolute Gasteiger partial charge is 0.255 e. The van der Waals surface area contributed by atoms with Gasteiger partial charge in [-0.3, -0.25) is 4.79 Å². The largest absolute Gasteiger partial charge is 0.497 e. The van der Waals surface area contributed by atoms with Crippen molar-refractivity contribution in [3.63, 3.8) is 0 Å². The third-order valence-electron chi connectivity index (χ3n) is 4.11. The van der Waals surface area contributed by atoms with Crippen LogP contribution in [0, 0.1) is 5.82 Å². The Balaban J connectivity index is 1.56. The van der Waals surface area contributed by atoms with Crippen molar-refractivity contribution in [1.82, 2.24) is 5.32 Å². The SMILES string of the molecule is COc1ccc(C(=O)Nc2cccc(CNCc3ccc(F)cc3)c2)cc1. The molecule has 0 fully saturated rings. The van der Waals surface area contributed by atoms with E-state index in [1.165, 1.54) is 12.1 Å². The summed E-state index contributed by atoms with van der Waals surface area (Å²) < 4.78 is 18.0.